The van der Waals surface area contributed by atoms with E-state index in [0.29, 0.717) is 13.1 Å². The van der Waals surface area contributed by atoms with E-state index in [1.165, 1.54) is 5.06 Å². The predicted octanol–water partition coefficient (Wildman–Crippen LogP) is -0.365. The first kappa shape index (κ1) is 12.4. The molecule has 72 valence electrons. The van der Waals surface area contributed by atoms with Crippen LogP contribution in [0.15, 0.2) is 0 Å². The molecule has 0 unspecified atom stereocenters. The molecule has 0 saturated heterocycles. The third kappa shape index (κ3) is 7.03. The van der Waals surface area contributed by atoms with Crippen LogP contribution in [0.2, 0.25) is 0 Å². The summed E-state index contributed by atoms with van der Waals surface area (Å²) in [6, 6.07) is 0. The summed E-state index contributed by atoms with van der Waals surface area (Å²) in [6.07, 6.45) is 0. The zero-order valence-electron chi connectivity index (χ0n) is 7.54. The summed E-state index contributed by atoms with van der Waals surface area (Å²) in [5, 5.41) is 4.60. The molecular weight excluding hydrogens is 196 g/mol. The average Bonchev–Trinajstić information content (AvgIpc) is 2.02. The molecule has 12 heavy (non-hydrogen) atoms. The van der Waals surface area contributed by atoms with E-state index in [0.717, 1.165) is 13.1 Å². The van der Waals surface area contributed by atoms with Crippen LogP contribution < -0.4 is 5.32 Å². The second kappa shape index (κ2) is 7.98. The molecule has 0 aromatic heterocycles. The molecule has 0 fully saturated rings. The molecule has 0 saturated carbocycles. The van der Waals surface area contributed by atoms with Crippen LogP contribution in [0.4, 0.5) is 0 Å². The van der Waals surface area contributed by atoms with Gasteiger partial charge < -0.3 is 0 Å². The Hall–Kier alpha value is 0.354. The maximum atomic E-state index is 10.4. The van der Waals surface area contributed by atoms with Crippen molar-refractivity contribution in [1.29, 1.82) is 0 Å². The Balaban J connectivity index is 3.46. The molecule has 0 aromatic rings. The molecule has 0 aromatic carbocycles. The number of likely N-dealkylation sites (N-methyl/N-ethyl adjacent to an activating group) is 2. The van der Waals surface area contributed by atoms with Gasteiger partial charge in [0.25, 0.3) is 0 Å². The molecule has 0 aliphatic carbocycles. The molecule has 0 amide bonds. The predicted molar refractivity (Wildman–Crippen MR) is 39.8 cm³/mol. The van der Waals surface area contributed by atoms with E-state index in [9.17, 15) is 3.32 Å². The van der Waals surface area contributed by atoms with E-state index >= 15 is 0 Å². The Labute approximate surface area is 79.8 Å². The number of nitrogens with one attached hydrogen (secondary N) is 1. The Kier molecular flexibility index (Phi) is 8.21. The topological polar surface area (TPSA) is 61.8 Å². The minimum atomic E-state index is -3.39. The van der Waals surface area contributed by atoms with Crippen molar-refractivity contribution in [2.24, 2.45) is 0 Å². The summed E-state index contributed by atoms with van der Waals surface area (Å²) >= 11 is -3.39. The Morgan fingerprint density at radius 2 is 2.25 bits per heavy atom. The fourth-order valence-electron chi connectivity index (χ4n) is 0.759. The molecule has 0 rings (SSSR count). The quantitative estimate of drug-likeness (QED) is 0.342. The summed E-state index contributed by atoms with van der Waals surface area (Å²) in [7, 11) is 0. The normalized spacial score (nSPS) is 10.7. The number of nitrogens with zero attached hydrogens (tertiary/aromatic N) is 1. The van der Waals surface area contributed by atoms with Crippen molar-refractivity contribution < 1.29 is 29.0 Å². The van der Waals surface area contributed by atoms with E-state index in [1.807, 2.05) is 13.8 Å². The van der Waals surface area contributed by atoms with Gasteiger partial charge in [-0.05, 0) is 0 Å². The van der Waals surface area contributed by atoms with Crippen LogP contribution in [-0.2, 0) is 25.4 Å². The van der Waals surface area contributed by atoms with Crippen molar-refractivity contribution in [3.63, 3.8) is 0 Å². The van der Waals surface area contributed by atoms with Gasteiger partial charge in [-0.1, -0.05) is 0 Å². The Bertz CT molecular complexity index is 134. The summed E-state index contributed by atoms with van der Waals surface area (Å²) in [6.45, 7) is 6.84. The van der Waals surface area contributed by atoms with Crippen LogP contribution in [-0.4, -0.2) is 34.9 Å². The monoisotopic (exact) mass is 212 g/mol. The van der Waals surface area contributed by atoms with Crippen LogP contribution in [0.5, 0.6) is 0 Å². The van der Waals surface area contributed by atoms with Gasteiger partial charge in [-0.3, -0.25) is 0 Å². The maximum absolute atomic E-state index is 10.4. The van der Waals surface area contributed by atoms with E-state index < -0.39 is 18.6 Å². The van der Waals surface area contributed by atoms with E-state index in [4.69, 9.17) is 7.11 Å². The standard InChI is InChI=1S/C6H15N2O.H2O.O.Ti/c1-3-7-5-6-8(9)4-2;;;/h7H,3-6H2,1-2H3;1H2;;/q-1;;;+2/p-1. The molecule has 0 aliphatic rings. The molecular formula is C6H16N2O3Ti. The summed E-state index contributed by atoms with van der Waals surface area (Å²) in [5.41, 5.74) is 0. The second-order valence-corrected chi connectivity index (χ2v) is 3.35. The number of rotatable bonds is 7. The first-order chi connectivity index (χ1) is 5.70. The number of hydrogen-bond acceptors (Lipinski definition) is 4. The van der Waals surface area contributed by atoms with Crippen LogP contribution in [0.3, 0.4) is 0 Å². The Morgan fingerprint density at radius 1 is 1.58 bits per heavy atom. The molecule has 5 nitrogen and oxygen atoms in total. The van der Waals surface area contributed by atoms with Gasteiger partial charge in [-0.15, -0.1) is 0 Å². The van der Waals surface area contributed by atoms with Gasteiger partial charge >= 0.3 is 79.5 Å². The van der Waals surface area contributed by atoms with Gasteiger partial charge in [0.1, 0.15) is 0 Å². The van der Waals surface area contributed by atoms with Gasteiger partial charge in [-0.2, -0.15) is 0 Å². The van der Waals surface area contributed by atoms with Crippen molar-refractivity contribution in [1.82, 2.24) is 10.4 Å². The van der Waals surface area contributed by atoms with Gasteiger partial charge in [0, 0.05) is 0 Å². The third-order valence-electron chi connectivity index (χ3n) is 1.35. The fraction of sp³-hybridized carbons (Fsp3) is 1.00. The van der Waals surface area contributed by atoms with Crippen molar-refractivity contribution in [2.75, 3.05) is 26.2 Å². The zero-order valence-corrected chi connectivity index (χ0v) is 9.10. The molecule has 0 atom stereocenters. The summed E-state index contributed by atoms with van der Waals surface area (Å²) < 4.78 is 23.6. The molecule has 0 heterocycles. The molecule has 0 spiro atoms. The summed E-state index contributed by atoms with van der Waals surface area (Å²) in [5.74, 6) is 0. The second-order valence-electron chi connectivity index (χ2n) is 2.23. The van der Waals surface area contributed by atoms with Crippen molar-refractivity contribution in [3.05, 3.63) is 0 Å². The van der Waals surface area contributed by atoms with Gasteiger partial charge in [0.05, 0.1) is 0 Å². The van der Waals surface area contributed by atoms with Crippen molar-refractivity contribution >= 4 is 0 Å². The van der Waals surface area contributed by atoms with Crippen LogP contribution >= 0.6 is 0 Å². The molecule has 0 bridgehead atoms. The van der Waals surface area contributed by atoms with Crippen LogP contribution in [0, 0.1) is 0 Å². The van der Waals surface area contributed by atoms with Crippen LogP contribution in [0.25, 0.3) is 0 Å². The van der Waals surface area contributed by atoms with Gasteiger partial charge in [-0.25, -0.2) is 0 Å². The minimum absolute atomic E-state index is 0.630. The molecule has 6 heteroatoms. The van der Waals surface area contributed by atoms with Gasteiger partial charge in [0.2, 0.25) is 0 Å². The SMILES string of the molecule is CCNCCN(CC)[O][Ti](=[O])[OH]. The fourth-order valence-corrected chi connectivity index (χ4v) is 1.45. The molecule has 0 radical (unpaired) electrons. The van der Waals surface area contributed by atoms with E-state index in [1.54, 1.807) is 0 Å². The number of hydrogen-bond donors (Lipinski definition) is 2. The summed E-state index contributed by atoms with van der Waals surface area (Å²) in [4.78, 5) is 0. The molecule has 0 aliphatic heterocycles. The van der Waals surface area contributed by atoms with Crippen LogP contribution in [0.1, 0.15) is 13.8 Å². The van der Waals surface area contributed by atoms with Crippen molar-refractivity contribution in [3.8, 4) is 0 Å². The average molecular weight is 212 g/mol. The third-order valence-corrected chi connectivity index (χ3v) is 1.99. The zero-order chi connectivity index (χ0) is 9.40. The first-order valence-corrected chi connectivity index (χ1v) is 6.04. The number of hydroxylamine groups is 2. The Morgan fingerprint density at radius 3 is 2.67 bits per heavy atom. The van der Waals surface area contributed by atoms with E-state index in [2.05, 4.69) is 5.32 Å². The van der Waals surface area contributed by atoms with Crippen molar-refractivity contribution in [2.45, 2.75) is 13.8 Å². The van der Waals surface area contributed by atoms with E-state index in [-0.39, 0.29) is 0 Å². The first-order valence-electron chi connectivity index (χ1n) is 4.07. The molecule has 2 N–H and O–H groups in total. The van der Waals surface area contributed by atoms with Gasteiger partial charge in [0.15, 0.2) is 0 Å².